The second-order valence-electron chi connectivity index (χ2n) is 9.41. The molecule has 0 radical (unpaired) electrons. The van der Waals surface area contributed by atoms with Crippen molar-refractivity contribution in [1.82, 2.24) is 5.32 Å². The minimum absolute atomic E-state index is 0.0103. The lowest BCUT2D eigenvalue weighted by Crippen LogP contribution is -2.42. The molecule has 3 aromatic rings. The van der Waals surface area contributed by atoms with Gasteiger partial charge in [0.25, 0.3) is 5.91 Å². The van der Waals surface area contributed by atoms with E-state index in [0.717, 1.165) is 18.9 Å². The summed E-state index contributed by atoms with van der Waals surface area (Å²) in [5.74, 6) is -2.03. The van der Waals surface area contributed by atoms with E-state index in [1.807, 2.05) is 0 Å². The van der Waals surface area contributed by atoms with Crippen LogP contribution in [0.4, 0.5) is 4.39 Å². The molecular weight excluding hydrogens is 501 g/mol. The molecule has 1 amide bonds. The van der Waals surface area contributed by atoms with Crippen LogP contribution < -0.4 is 14.8 Å². The van der Waals surface area contributed by atoms with Gasteiger partial charge in [0.15, 0.2) is 0 Å². The highest BCUT2D eigenvalue weighted by Gasteiger charge is 2.22. The molecule has 0 aromatic heterocycles. The van der Waals surface area contributed by atoms with Crippen LogP contribution in [0.5, 0.6) is 11.5 Å². The Bertz CT molecular complexity index is 1240. The lowest BCUT2D eigenvalue weighted by atomic mass is 10.0. The summed E-state index contributed by atoms with van der Waals surface area (Å²) < 4.78 is 24.8. The Kier molecular flexibility index (Phi) is 11.0. The first kappa shape index (κ1) is 29.4. The molecule has 0 saturated carbocycles. The van der Waals surface area contributed by atoms with E-state index >= 15 is 0 Å². The van der Waals surface area contributed by atoms with Crippen LogP contribution in [0, 0.1) is 12.7 Å². The summed E-state index contributed by atoms with van der Waals surface area (Å²) in [5.41, 5.74) is 1.57. The van der Waals surface area contributed by atoms with E-state index in [0.29, 0.717) is 34.8 Å². The number of ether oxygens (including phenoxy) is 2. The third kappa shape index (κ3) is 9.56. The van der Waals surface area contributed by atoms with Gasteiger partial charge in [0, 0.05) is 12.0 Å². The molecule has 8 heteroatoms. The number of nitrogens with one attached hydrogen (secondary N) is 1. The van der Waals surface area contributed by atoms with Gasteiger partial charge in [0.05, 0.1) is 12.2 Å². The van der Waals surface area contributed by atoms with Gasteiger partial charge in [-0.1, -0.05) is 44.7 Å². The van der Waals surface area contributed by atoms with Crippen molar-refractivity contribution < 1.29 is 33.4 Å². The third-order valence-electron chi connectivity index (χ3n) is 6.09. The quantitative estimate of drug-likeness (QED) is 0.146. The minimum atomic E-state index is -1.23. The number of amides is 1. The molecule has 0 heterocycles. The minimum Gasteiger partial charge on any atom is -0.494 e. The number of carbonyl (C=O) groups excluding carboxylic acids is 2. The topological polar surface area (TPSA) is 102 Å². The molecule has 2 N–H and O–H groups in total. The zero-order valence-electron chi connectivity index (χ0n) is 22.2. The monoisotopic (exact) mass is 535 g/mol. The smallest absolute Gasteiger partial charge is 0.343 e. The Morgan fingerprint density at radius 3 is 2.18 bits per heavy atom. The first-order valence-electron chi connectivity index (χ1n) is 13.1. The molecule has 0 bridgehead atoms. The van der Waals surface area contributed by atoms with Crippen LogP contribution in [0.3, 0.4) is 0 Å². The van der Waals surface area contributed by atoms with E-state index in [9.17, 15) is 23.9 Å². The van der Waals surface area contributed by atoms with Gasteiger partial charge in [-0.2, -0.15) is 0 Å². The van der Waals surface area contributed by atoms with Crippen molar-refractivity contribution in [2.75, 3.05) is 6.61 Å². The molecule has 7 nitrogen and oxygen atoms in total. The maximum atomic E-state index is 13.6. The predicted molar refractivity (Wildman–Crippen MR) is 146 cm³/mol. The average molecular weight is 536 g/mol. The highest BCUT2D eigenvalue weighted by Crippen LogP contribution is 2.18. The summed E-state index contributed by atoms with van der Waals surface area (Å²) in [4.78, 5) is 36.7. The fourth-order valence-electron chi connectivity index (χ4n) is 3.99. The van der Waals surface area contributed by atoms with Crippen LogP contribution in [0.25, 0.3) is 0 Å². The largest absolute Gasteiger partial charge is 0.494 e. The van der Waals surface area contributed by atoms with Gasteiger partial charge >= 0.3 is 11.9 Å². The van der Waals surface area contributed by atoms with Crippen molar-refractivity contribution in [1.29, 1.82) is 0 Å². The Morgan fingerprint density at radius 2 is 1.54 bits per heavy atom. The van der Waals surface area contributed by atoms with Gasteiger partial charge in [-0.25, -0.2) is 14.0 Å². The zero-order chi connectivity index (χ0) is 28.2. The Balaban J connectivity index is 1.52. The number of hydrogen-bond donors (Lipinski definition) is 2. The van der Waals surface area contributed by atoms with E-state index in [-0.39, 0.29) is 12.0 Å². The normalized spacial score (nSPS) is 11.5. The van der Waals surface area contributed by atoms with Crippen molar-refractivity contribution in [2.45, 2.75) is 58.4 Å². The summed E-state index contributed by atoms with van der Waals surface area (Å²) in [6, 6.07) is 15.7. The molecular formula is C31H34FNO6. The van der Waals surface area contributed by atoms with E-state index in [4.69, 9.17) is 9.47 Å². The van der Waals surface area contributed by atoms with E-state index in [2.05, 4.69) is 12.2 Å². The van der Waals surface area contributed by atoms with Crippen molar-refractivity contribution in [3.05, 3.63) is 94.8 Å². The third-order valence-corrected chi connectivity index (χ3v) is 6.09. The number of aliphatic carboxylic acids is 1. The summed E-state index contributed by atoms with van der Waals surface area (Å²) >= 11 is 0. The molecule has 0 unspecified atom stereocenters. The van der Waals surface area contributed by atoms with Crippen molar-refractivity contribution in [3.63, 3.8) is 0 Å². The number of halogens is 1. The molecule has 0 saturated heterocycles. The van der Waals surface area contributed by atoms with Gasteiger partial charge in [0.1, 0.15) is 23.4 Å². The molecule has 0 spiro atoms. The number of aryl methyl sites for hydroxylation is 1. The summed E-state index contributed by atoms with van der Waals surface area (Å²) in [5, 5.41) is 12.0. The van der Waals surface area contributed by atoms with Crippen LogP contribution in [-0.2, 0) is 11.2 Å². The zero-order valence-corrected chi connectivity index (χ0v) is 22.2. The number of unbranched alkanes of at least 4 members (excludes halogenated alkanes) is 4. The Morgan fingerprint density at radius 1 is 0.872 bits per heavy atom. The molecule has 0 aliphatic heterocycles. The van der Waals surface area contributed by atoms with Gasteiger partial charge in [-0.3, -0.25) is 4.79 Å². The Hall–Kier alpha value is -4.20. The number of carboxylic acids is 1. The van der Waals surface area contributed by atoms with Gasteiger partial charge in [-0.15, -0.1) is 0 Å². The van der Waals surface area contributed by atoms with Crippen LogP contribution >= 0.6 is 0 Å². The molecule has 0 fully saturated rings. The first-order chi connectivity index (χ1) is 18.7. The second-order valence-corrected chi connectivity index (χ2v) is 9.41. The van der Waals surface area contributed by atoms with Gasteiger partial charge < -0.3 is 19.9 Å². The molecule has 206 valence electrons. The Labute approximate surface area is 228 Å². The van der Waals surface area contributed by atoms with Crippen LogP contribution in [0.15, 0.2) is 66.7 Å². The van der Waals surface area contributed by atoms with Crippen LogP contribution in [0.1, 0.15) is 70.9 Å². The number of rotatable bonds is 14. The van der Waals surface area contributed by atoms with Crippen LogP contribution in [-0.4, -0.2) is 35.6 Å². The second kappa shape index (κ2) is 14.7. The highest BCUT2D eigenvalue weighted by molar-refractivity contribution is 5.96. The van der Waals surface area contributed by atoms with Crippen molar-refractivity contribution in [2.24, 2.45) is 0 Å². The highest BCUT2D eigenvalue weighted by atomic mass is 19.1. The fraction of sp³-hybridized carbons (Fsp3) is 0.323. The standard InChI is InChI=1S/C31H34FNO6/c1-3-4-5-6-7-16-38-26-14-10-23(11-15-26)31(37)39-27-12-8-22(9-13-27)19-28(30(35)36)33-29(34)24-17-21(2)18-25(32)20-24/h8-15,17-18,20,28H,3-7,16,19H2,1-2H3,(H,33,34)(H,35,36)/t28-/m0/s1. The predicted octanol–water partition coefficient (Wildman–Crippen LogP) is 6.13. The molecule has 1 atom stereocenters. The molecule has 3 aromatic carbocycles. The number of benzene rings is 3. The lowest BCUT2D eigenvalue weighted by Gasteiger charge is -2.15. The maximum absolute atomic E-state index is 13.6. The van der Waals surface area contributed by atoms with Crippen molar-refractivity contribution in [3.8, 4) is 11.5 Å². The fourth-order valence-corrected chi connectivity index (χ4v) is 3.99. The molecule has 39 heavy (non-hydrogen) atoms. The SMILES string of the molecule is CCCCCCCOc1ccc(C(=O)Oc2ccc(C[C@H](NC(=O)c3cc(C)cc(F)c3)C(=O)O)cc2)cc1. The number of carboxylic acid groups (broad SMARTS) is 1. The lowest BCUT2D eigenvalue weighted by molar-refractivity contribution is -0.139. The number of hydrogen-bond acceptors (Lipinski definition) is 5. The van der Waals surface area contributed by atoms with E-state index in [1.54, 1.807) is 55.5 Å². The number of esters is 1. The maximum Gasteiger partial charge on any atom is 0.343 e. The average Bonchev–Trinajstić information content (AvgIpc) is 2.91. The van der Waals surface area contributed by atoms with Crippen molar-refractivity contribution >= 4 is 17.8 Å². The molecule has 3 rings (SSSR count). The van der Waals surface area contributed by atoms with E-state index in [1.165, 1.54) is 31.4 Å². The van der Waals surface area contributed by atoms with Crippen LogP contribution in [0.2, 0.25) is 0 Å². The summed E-state index contributed by atoms with van der Waals surface area (Å²) in [7, 11) is 0. The summed E-state index contributed by atoms with van der Waals surface area (Å²) in [6.07, 6.45) is 5.76. The first-order valence-corrected chi connectivity index (χ1v) is 13.1. The molecule has 0 aliphatic carbocycles. The van der Waals surface area contributed by atoms with Gasteiger partial charge in [-0.05, 0) is 79.1 Å². The number of carbonyl (C=O) groups is 3. The van der Waals surface area contributed by atoms with E-state index < -0.39 is 29.7 Å². The van der Waals surface area contributed by atoms with Gasteiger partial charge in [0.2, 0.25) is 0 Å². The summed E-state index contributed by atoms with van der Waals surface area (Å²) in [6.45, 7) is 4.46. The molecule has 0 aliphatic rings.